The van der Waals surface area contributed by atoms with Crippen LogP contribution < -0.4 is 0 Å². The molecule has 4 rings (SSSR count). The third kappa shape index (κ3) is 6.57. The molecule has 1 amide bonds. The number of benzene rings is 2. The predicted molar refractivity (Wildman–Crippen MR) is 139 cm³/mol. The number of hydrogen-bond donors (Lipinski definition) is 1. The first-order valence-electron chi connectivity index (χ1n) is 11.1. The molecule has 1 aliphatic heterocycles. The monoisotopic (exact) mass is 512 g/mol. The van der Waals surface area contributed by atoms with Gasteiger partial charge in [-0.3, -0.25) is 9.59 Å². The smallest absolute Gasteiger partial charge is 0.223 e. The molecule has 0 bridgehead atoms. The average Bonchev–Trinajstić information content (AvgIpc) is 3.45. The Kier molecular flexibility index (Phi) is 8.56. The van der Waals surface area contributed by atoms with Crippen LogP contribution in [0.5, 0.6) is 0 Å². The van der Waals surface area contributed by atoms with Crippen molar-refractivity contribution in [3.05, 3.63) is 82.3 Å². The van der Waals surface area contributed by atoms with E-state index in [1.54, 1.807) is 23.2 Å². The lowest BCUT2D eigenvalue weighted by Gasteiger charge is -2.22. The Bertz CT molecular complexity index is 1160. The fourth-order valence-corrected chi connectivity index (χ4v) is 5.87. The van der Waals surface area contributed by atoms with Crippen LogP contribution in [-0.4, -0.2) is 51.6 Å². The summed E-state index contributed by atoms with van der Waals surface area (Å²) in [5.74, 6) is 0.843. The summed E-state index contributed by atoms with van der Waals surface area (Å²) in [6.07, 6.45) is 5.63. The van der Waals surface area contributed by atoms with E-state index < -0.39 is 6.10 Å². The number of amides is 1. The summed E-state index contributed by atoms with van der Waals surface area (Å²) < 4.78 is 0.831. The number of aliphatic hydroxyl groups is 1. The van der Waals surface area contributed by atoms with Crippen molar-refractivity contribution in [2.24, 2.45) is 0 Å². The number of rotatable bonds is 10. The van der Waals surface area contributed by atoms with Gasteiger partial charge in [0.2, 0.25) is 5.91 Å². The molecule has 1 aliphatic rings. The molecular formula is C26H25ClN2O3S2. The Hall–Kier alpha value is -2.45. The Labute approximate surface area is 212 Å². The number of aldehydes is 1. The number of hydrogen-bond acceptors (Lipinski definition) is 6. The van der Waals surface area contributed by atoms with E-state index in [0.29, 0.717) is 35.9 Å². The molecule has 1 N–H and O–H groups in total. The van der Waals surface area contributed by atoms with Crippen LogP contribution in [0.3, 0.4) is 0 Å². The van der Waals surface area contributed by atoms with Crippen molar-refractivity contribution in [1.29, 1.82) is 0 Å². The maximum atomic E-state index is 12.4. The zero-order valence-corrected chi connectivity index (χ0v) is 20.9. The lowest BCUT2D eigenvalue weighted by atomic mass is 10.00. The minimum atomic E-state index is -0.635. The number of carbonyl (C=O) groups excluding carboxylic acids is 2. The summed E-state index contributed by atoms with van der Waals surface area (Å²) in [5.41, 5.74) is 3.64. The fourth-order valence-electron chi connectivity index (χ4n) is 3.95. The standard InChI is InChI=1S/C26H25ClN2O3S2/c27-21-6-4-19(5-7-21)20-3-1-2-18(14-20)15-24(31)10-8-23-9-11-25(32)29(23)12-13-33-26-28-22(16-30)17-34-26/h1-8,10,14,16-17,23-24,31H,9,11-13,15H2/b10-8+/t23-,24+/m0/s1. The van der Waals surface area contributed by atoms with Crippen molar-refractivity contribution >= 4 is 46.9 Å². The number of nitrogens with zero attached hydrogens (tertiary/aromatic N) is 2. The molecule has 0 saturated carbocycles. The summed E-state index contributed by atoms with van der Waals surface area (Å²) in [5, 5.41) is 13.0. The van der Waals surface area contributed by atoms with Crippen molar-refractivity contribution in [2.75, 3.05) is 12.3 Å². The van der Waals surface area contributed by atoms with Gasteiger partial charge in [0.05, 0.1) is 12.1 Å². The maximum absolute atomic E-state index is 12.4. The quantitative estimate of drug-likeness (QED) is 0.220. The van der Waals surface area contributed by atoms with Gasteiger partial charge in [-0.15, -0.1) is 11.3 Å². The van der Waals surface area contributed by atoms with Gasteiger partial charge in [0.15, 0.2) is 10.6 Å². The summed E-state index contributed by atoms with van der Waals surface area (Å²) in [6.45, 7) is 0.605. The Morgan fingerprint density at radius 2 is 2.06 bits per heavy atom. The molecule has 0 aliphatic carbocycles. The van der Waals surface area contributed by atoms with Crippen LogP contribution in [-0.2, 0) is 11.2 Å². The second-order valence-corrected chi connectivity index (χ2v) is 10.7. The second kappa shape index (κ2) is 11.8. The summed E-state index contributed by atoms with van der Waals surface area (Å²) in [4.78, 5) is 29.2. The minimum absolute atomic E-state index is 0.00928. The summed E-state index contributed by atoms with van der Waals surface area (Å²) in [7, 11) is 0. The fraction of sp³-hybridized carbons (Fsp3) is 0.269. The van der Waals surface area contributed by atoms with Gasteiger partial charge >= 0.3 is 0 Å². The first-order chi connectivity index (χ1) is 16.5. The van der Waals surface area contributed by atoms with E-state index in [0.717, 1.165) is 33.7 Å². The molecule has 5 nitrogen and oxygen atoms in total. The maximum Gasteiger partial charge on any atom is 0.223 e. The van der Waals surface area contributed by atoms with Gasteiger partial charge in [0, 0.05) is 35.5 Å². The lowest BCUT2D eigenvalue weighted by Crippen LogP contribution is -2.33. The highest BCUT2D eigenvalue weighted by molar-refractivity contribution is 8.01. The first-order valence-corrected chi connectivity index (χ1v) is 13.3. The van der Waals surface area contributed by atoms with E-state index in [1.165, 1.54) is 11.3 Å². The largest absolute Gasteiger partial charge is 0.389 e. The predicted octanol–water partition coefficient (Wildman–Crippen LogP) is 5.52. The number of aliphatic hydroxyl groups excluding tert-OH is 1. The van der Waals surface area contributed by atoms with Crippen molar-refractivity contribution in [3.8, 4) is 11.1 Å². The third-order valence-electron chi connectivity index (χ3n) is 5.66. The normalized spacial score (nSPS) is 16.9. The van der Waals surface area contributed by atoms with E-state index in [2.05, 4.69) is 11.1 Å². The zero-order chi connectivity index (χ0) is 23.9. The number of likely N-dealkylation sites (tertiary alicyclic amines) is 1. The molecule has 0 spiro atoms. The number of carbonyl (C=O) groups is 2. The van der Waals surface area contributed by atoms with Crippen LogP contribution >= 0.6 is 34.7 Å². The Morgan fingerprint density at radius 3 is 2.82 bits per heavy atom. The number of thiazole rings is 1. The van der Waals surface area contributed by atoms with Crippen molar-refractivity contribution in [2.45, 2.75) is 35.7 Å². The minimum Gasteiger partial charge on any atom is -0.389 e. The molecule has 1 saturated heterocycles. The van der Waals surface area contributed by atoms with E-state index in [-0.39, 0.29) is 11.9 Å². The van der Waals surface area contributed by atoms with E-state index in [9.17, 15) is 14.7 Å². The topological polar surface area (TPSA) is 70.5 Å². The van der Waals surface area contributed by atoms with Crippen molar-refractivity contribution in [1.82, 2.24) is 9.88 Å². The van der Waals surface area contributed by atoms with Gasteiger partial charge in [0.25, 0.3) is 0 Å². The molecule has 3 aromatic rings. The van der Waals surface area contributed by atoms with Gasteiger partial charge in [-0.25, -0.2) is 4.98 Å². The van der Waals surface area contributed by atoms with Gasteiger partial charge < -0.3 is 10.0 Å². The van der Waals surface area contributed by atoms with Crippen LogP contribution in [0.4, 0.5) is 0 Å². The molecule has 34 heavy (non-hydrogen) atoms. The zero-order valence-electron chi connectivity index (χ0n) is 18.5. The second-order valence-electron chi connectivity index (χ2n) is 8.06. The summed E-state index contributed by atoms with van der Waals surface area (Å²) in [6, 6.07) is 15.8. The molecule has 176 valence electrons. The van der Waals surface area contributed by atoms with Crippen molar-refractivity contribution in [3.63, 3.8) is 0 Å². The van der Waals surface area contributed by atoms with Crippen LogP contribution in [0.1, 0.15) is 28.9 Å². The molecule has 2 heterocycles. The molecule has 1 aromatic heterocycles. The lowest BCUT2D eigenvalue weighted by molar-refractivity contribution is -0.128. The SMILES string of the molecule is O=Cc1csc(SCCN2C(=O)CC[C@@H]2/C=C/[C@@H](O)Cc2cccc(-c3ccc(Cl)cc3)c2)n1. The molecular weight excluding hydrogens is 488 g/mol. The van der Waals surface area contributed by atoms with Crippen LogP contribution in [0.15, 0.2) is 70.4 Å². The molecule has 2 aromatic carbocycles. The van der Waals surface area contributed by atoms with Crippen molar-refractivity contribution < 1.29 is 14.7 Å². The number of aromatic nitrogens is 1. The summed E-state index contributed by atoms with van der Waals surface area (Å²) >= 11 is 8.97. The Balaban J connectivity index is 1.32. The molecule has 0 unspecified atom stereocenters. The van der Waals surface area contributed by atoms with Gasteiger partial charge in [-0.1, -0.05) is 71.9 Å². The van der Waals surface area contributed by atoms with E-state index in [1.807, 2.05) is 53.4 Å². The van der Waals surface area contributed by atoms with E-state index >= 15 is 0 Å². The van der Waals surface area contributed by atoms with E-state index in [4.69, 9.17) is 11.6 Å². The van der Waals surface area contributed by atoms with Gasteiger partial charge in [0.1, 0.15) is 5.69 Å². The van der Waals surface area contributed by atoms with Crippen LogP contribution in [0.2, 0.25) is 5.02 Å². The van der Waals surface area contributed by atoms with Gasteiger partial charge in [-0.05, 0) is 35.2 Å². The third-order valence-corrected chi connectivity index (χ3v) is 7.93. The molecule has 2 atom stereocenters. The highest BCUT2D eigenvalue weighted by atomic mass is 35.5. The highest BCUT2D eigenvalue weighted by Crippen LogP contribution is 2.26. The number of halogens is 1. The molecule has 0 radical (unpaired) electrons. The average molecular weight is 513 g/mol. The molecule has 1 fully saturated rings. The van der Waals surface area contributed by atoms with Crippen LogP contribution in [0, 0.1) is 0 Å². The molecule has 8 heteroatoms. The number of thioether (sulfide) groups is 1. The Morgan fingerprint density at radius 1 is 1.24 bits per heavy atom. The first kappa shape index (κ1) is 24.7. The highest BCUT2D eigenvalue weighted by Gasteiger charge is 2.28. The van der Waals surface area contributed by atoms with Gasteiger partial charge in [-0.2, -0.15) is 0 Å². The van der Waals surface area contributed by atoms with Crippen LogP contribution in [0.25, 0.3) is 11.1 Å².